The first-order valence-electron chi connectivity index (χ1n) is 8.06. The average molecular weight is 367 g/mol. The number of hydrogen-bond acceptors (Lipinski definition) is 8. The van der Waals surface area contributed by atoms with Crippen LogP contribution in [0.5, 0.6) is 0 Å². The zero-order chi connectivity index (χ0) is 19.0. The number of hydrogen-bond donors (Lipinski definition) is 0. The second kappa shape index (κ2) is 6.52. The van der Waals surface area contributed by atoms with E-state index >= 15 is 0 Å². The van der Waals surface area contributed by atoms with Gasteiger partial charge in [-0.1, -0.05) is 12.1 Å². The number of amides is 2. The summed E-state index contributed by atoms with van der Waals surface area (Å²) >= 11 is 0. The Hall–Kier alpha value is -3.75. The Labute approximate surface area is 152 Å². The van der Waals surface area contributed by atoms with Crippen molar-refractivity contribution in [3.63, 3.8) is 0 Å². The van der Waals surface area contributed by atoms with Gasteiger partial charge in [-0.05, 0) is 31.2 Å². The Bertz CT molecular complexity index is 988. The standard InChI is InChI=1S/C18H13N3O6/c1-10(21-16(22)11-5-2-3-6-12(11)17(21)23)18(24)26-9-14-19-20-15(27-14)13-7-4-8-25-13/h2-8,10H,9H2,1H3/t10-/m0/s1. The summed E-state index contributed by atoms with van der Waals surface area (Å²) in [5.41, 5.74) is 0.532. The smallest absolute Gasteiger partial charge is 0.329 e. The predicted octanol–water partition coefficient (Wildman–Crippen LogP) is 2.06. The van der Waals surface area contributed by atoms with Crippen LogP contribution < -0.4 is 0 Å². The van der Waals surface area contributed by atoms with E-state index in [4.69, 9.17) is 13.6 Å². The van der Waals surface area contributed by atoms with Crippen molar-refractivity contribution in [1.29, 1.82) is 0 Å². The van der Waals surface area contributed by atoms with Crippen LogP contribution in [-0.4, -0.2) is 38.9 Å². The van der Waals surface area contributed by atoms with Gasteiger partial charge in [0, 0.05) is 0 Å². The van der Waals surface area contributed by atoms with Gasteiger partial charge < -0.3 is 13.6 Å². The minimum Gasteiger partial charge on any atom is -0.459 e. The van der Waals surface area contributed by atoms with Crippen LogP contribution in [0.3, 0.4) is 0 Å². The highest BCUT2D eigenvalue weighted by atomic mass is 16.5. The van der Waals surface area contributed by atoms with Crippen molar-refractivity contribution in [3.8, 4) is 11.7 Å². The summed E-state index contributed by atoms with van der Waals surface area (Å²) in [6, 6.07) is 8.62. The normalized spacial score (nSPS) is 14.3. The number of aromatic nitrogens is 2. The number of esters is 1. The molecule has 27 heavy (non-hydrogen) atoms. The molecule has 0 fully saturated rings. The SMILES string of the molecule is C[C@@H](C(=O)OCc1nnc(-c2ccco2)o1)N1C(=O)c2ccccc2C1=O. The number of rotatable bonds is 5. The topological polar surface area (TPSA) is 116 Å². The second-order valence-electron chi connectivity index (χ2n) is 5.79. The Balaban J connectivity index is 1.42. The van der Waals surface area contributed by atoms with Crippen molar-refractivity contribution in [1.82, 2.24) is 15.1 Å². The Morgan fingerprint density at radius 1 is 1.11 bits per heavy atom. The third-order valence-corrected chi connectivity index (χ3v) is 4.09. The maximum absolute atomic E-state index is 12.4. The molecule has 3 heterocycles. The van der Waals surface area contributed by atoms with E-state index in [1.165, 1.54) is 13.2 Å². The number of benzene rings is 1. The number of imide groups is 1. The lowest BCUT2D eigenvalue weighted by Gasteiger charge is -2.20. The molecule has 9 heteroatoms. The molecule has 0 radical (unpaired) electrons. The molecule has 1 aromatic carbocycles. The zero-order valence-electron chi connectivity index (χ0n) is 14.1. The first-order chi connectivity index (χ1) is 13.1. The summed E-state index contributed by atoms with van der Waals surface area (Å²) in [5, 5.41) is 7.55. The van der Waals surface area contributed by atoms with Gasteiger partial charge in [-0.15, -0.1) is 10.2 Å². The number of fused-ring (bicyclic) bond motifs is 1. The van der Waals surface area contributed by atoms with Gasteiger partial charge in [0.1, 0.15) is 6.04 Å². The van der Waals surface area contributed by atoms with Crippen LogP contribution in [0.15, 0.2) is 51.5 Å². The van der Waals surface area contributed by atoms with Crippen molar-refractivity contribution >= 4 is 17.8 Å². The van der Waals surface area contributed by atoms with Gasteiger partial charge in [0.15, 0.2) is 12.4 Å². The van der Waals surface area contributed by atoms with E-state index in [-0.39, 0.29) is 29.5 Å². The van der Waals surface area contributed by atoms with E-state index in [2.05, 4.69) is 10.2 Å². The molecule has 0 aliphatic carbocycles. The molecule has 9 nitrogen and oxygen atoms in total. The van der Waals surface area contributed by atoms with Gasteiger partial charge in [0.25, 0.3) is 23.6 Å². The first-order valence-corrected chi connectivity index (χ1v) is 8.06. The third kappa shape index (κ3) is 2.88. The second-order valence-corrected chi connectivity index (χ2v) is 5.79. The van der Waals surface area contributed by atoms with E-state index in [0.29, 0.717) is 5.76 Å². The minimum atomic E-state index is -1.09. The van der Waals surface area contributed by atoms with Crippen molar-refractivity contribution in [2.75, 3.05) is 0 Å². The summed E-state index contributed by atoms with van der Waals surface area (Å²) < 4.78 is 15.6. The number of furan rings is 1. The summed E-state index contributed by atoms with van der Waals surface area (Å²) in [6.45, 7) is 1.13. The Kier molecular flexibility index (Phi) is 4.03. The number of nitrogens with zero attached hydrogens (tertiary/aromatic N) is 3. The predicted molar refractivity (Wildman–Crippen MR) is 88.2 cm³/mol. The molecule has 0 spiro atoms. The lowest BCUT2D eigenvalue weighted by Crippen LogP contribution is -2.43. The third-order valence-electron chi connectivity index (χ3n) is 4.09. The maximum Gasteiger partial charge on any atom is 0.329 e. The molecule has 1 aliphatic rings. The van der Waals surface area contributed by atoms with Gasteiger partial charge in [-0.25, -0.2) is 4.79 Å². The van der Waals surface area contributed by atoms with Gasteiger partial charge >= 0.3 is 5.97 Å². The van der Waals surface area contributed by atoms with E-state index in [1.54, 1.807) is 36.4 Å². The van der Waals surface area contributed by atoms with Gasteiger partial charge in [-0.3, -0.25) is 14.5 Å². The van der Waals surface area contributed by atoms with Crippen molar-refractivity contribution in [2.45, 2.75) is 19.6 Å². The average Bonchev–Trinajstić information content (AvgIpc) is 3.41. The summed E-state index contributed by atoms with van der Waals surface area (Å²) in [7, 11) is 0. The molecular formula is C18H13N3O6. The van der Waals surface area contributed by atoms with Crippen LogP contribution in [0.1, 0.15) is 33.5 Å². The van der Waals surface area contributed by atoms with Crippen LogP contribution in [0.4, 0.5) is 0 Å². The minimum absolute atomic E-state index is 0.0595. The highest BCUT2D eigenvalue weighted by Crippen LogP contribution is 2.25. The first kappa shape index (κ1) is 16.7. The zero-order valence-corrected chi connectivity index (χ0v) is 14.1. The van der Waals surface area contributed by atoms with Gasteiger partial charge in [0.2, 0.25) is 0 Å². The van der Waals surface area contributed by atoms with Gasteiger partial charge in [0.05, 0.1) is 17.4 Å². The molecule has 4 rings (SSSR count). The number of carbonyl (C=O) groups is 3. The molecule has 3 aromatic rings. The lowest BCUT2D eigenvalue weighted by atomic mass is 10.1. The van der Waals surface area contributed by atoms with Crippen molar-refractivity contribution < 1.29 is 28.0 Å². The molecule has 0 saturated carbocycles. The van der Waals surface area contributed by atoms with E-state index in [1.807, 2.05) is 0 Å². The number of carbonyl (C=O) groups excluding carboxylic acids is 3. The highest BCUT2D eigenvalue weighted by molar-refractivity contribution is 6.22. The quantitative estimate of drug-likeness (QED) is 0.497. The largest absolute Gasteiger partial charge is 0.459 e. The Morgan fingerprint density at radius 2 is 1.81 bits per heavy atom. The molecule has 2 aromatic heterocycles. The van der Waals surface area contributed by atoms with Crippen LogP contribution in [0.2, 0.25) is 0 Å². The fourth-order valence-electron chi connectivity index (χ4n) is 2.73. The van der Waals surface area contributed by atoms with E-state index in [9.17, 15) is 14.4 Å². The fourth-order valence-corrected chi connectivity index (χ4v) is 2.73. The molecular weight excluding hydrogens is 354 g/mol. The Morgan fingerprint density at radius 3 is 2.44 bits per heavy atom. The van der Waals surface area contributed by atoms with E-state index < -0.39 is 23.8 Å². The molecule has 0 saturated heterocycles. The molecule has 0 N–H and O–H groups in total. The molecule has 1 atom stereocenters. The molecule has 1 aliphatic heterocycles. The summed E-state index contributed by atoms with van der Waals surface area (Å²) in [4.78, 5) is 38.0. The molecule has 136 valence electrons. The highest BCUT2D eigenvalue weighted by Gasteiger charge is 2.41. The van der Waals surface area contributed by atoms with Crippen molar-refractivity contribution in [2.24, 2.45) is 0 Å². The van der Waals surface area contributed by atoms with Crippen molar-refractivity contribution in [3.05, 3.63) is 59.7 Å². The lowest BCUT2D eigenvalue weighted by molar-refractivity contribution is -0.149. The van der Waals surface area contributed by atoms with E-state index in [0.717, 1.165) is 4.90 Å². The summed E-state index contributed by atoms with van der Waals surface area (Å²) in [6.07, 6.45) is 1.46. The molecule has 2 amide bonds. The van der Waals surface area contributed by atoms with Crippen LogP contribution in [-0.2, 0) is 16.1 Å². The fraction of sp³-hybridized carbons (Fsp3) is 0.167. The van der Waals surface area contributed by atoms with Crippen LogP contribution >= 0.6 is 0 Å². The van der Waals surface area contributed by atoms with Gasteiger partial charge in [-0.2, -0.15) is 0 Å². The summed E-state index contributed by atoms with van der Waals surface area (Å²) in [5.74, 6) is -1.22. The van der Waals surface area contributed by atoms with Crippen LogP contribution in [0.25, 0.3) is 11.7 Å². The number of ether oxygens (including phenoxy) is 1. The molecule has 0 bridgehead atoms. The van der Waals surface area contributed by atoms with Crippen LogP contribution in [0, 0.1) is 0 Å². The maximum atomic E-state index is 12.4. The monoisotopic (exact) mass is 367 g/mol. The molecule has 0 unspecified atom stereocenters.